The number of hydrogen-bond acceptors (Lipinski definition) is 4. The first-order valence-electron chi connectivity index (χ1n) is 5.21. The third-order valence-electron chi connectivity index (χ3n) is 2.63. The molecule has 1 unspecified atom stereocenters. The molecule has 3 nitrogen and oxygen atoms in total. The number of thiol groups is 1. The third-order valence-corrected chi connectivity index (χ3v) is 5.06. The maximum atomic E-state index is 6.34. The maximum Gasteiger partial charge on any atom is 0.152 e. The van der Waals surface area contributed by atoms with Crippen LogP contribution in [0.4, 0.5) is 0 Å². The van der Waals surface area contributed by atoms with E-state index in [9.17, 15) is 0 Å². The van der Waals surface area contributed by atoms with Crippen molar-refractivity contribution in [2.75, 3.05) is 0 Å². The van der Waals surface area contributed by atoms with Crippen molar-refractivity contribution < 1.29 is 0 Å². The molecule has 16 heavy (non-hydrogen) atoms. The number of halogens is 1. The lowest BCUT2D eigenvalue weighted by atomic mass is 10.0. The van der Waals surface area contributed by atoms with Crippen LogP contribution in [-0.4, -0.2) is 15.0 Å². The average Bonchev–Trinajstić information content (AvgIpc) is 2.59. The summed E-state index contributed by atoms with van der Waals surface area (Å²) in [6, 6.07) is 0. The van der Waals surface area contributed by atoms with Crippen LogP contribution in [0.3, 0.4) is 0 Å². The van der Waals surface area contributed by atoms with E-state index in [2.05, 4.69) is 56.6 Å². The molecule has 92 valence electrons. The molecule has 0 radical (unpaired) electrons. The van der Waals surface area contributed by atoms with Gasteiger partial charge < -0.3 is 0 Å². The zero-order valence-electron chi connectivity index (χ0n) is 10.3. The number of aromatic nitrogens is 3. The van der Waals surface area contributed by atoms with Gasteiger partial charge in [0.05, 0.1) is 10.3 Å². The molecule has 0 saturated heterocycles. The van der Waals surface area contributed by atoms with Crippen LogP contribution in [0.15, 0.2) is 0 Å². The average molecular weight is 280 g/mol. The Bertz CT molecular complexity index is 367. The van der Waals surface area contributed by atoms with E-state index >= 15 is 0 Å². The van der Waals surface area contributed by atoms with Gasteiger partial charge in [0, 0.05) is 0 Å². The zero-order chi connectivity index (χ0) is 12.6. The van der Waals surface area contributed by atoms with Gasteiger partial charge in [0.25, 0.3) is 0 Å². The molecule has 1 heterocycles. The topological polar surface area (TPSA) is 30.7 Å². The van der Waals surface area contributed by atoms with E-state index < -0.39 is 0 Å². The van der Waals surface area contributed by atoms with Crippen LogP contribution in [0.1, 0.15) is 46.7 Å². The quantitative estimate of drug-likeness (QED) is 0.673. The lowest BCUT2D eigenvalue weighted by Gasteiger charge is -2.24. The summed E-state index contributed by atoms with van der Waals surface area (Å²) >= 11 is 10.6. The van der Waals surface area contributed by atoms with Crippen molar-refractivity contribution in [3.05, 3.63) is 10.8 Å². The van der Waals surface area contributed by atoms with Crippen molar-refractivity contribution in [1.29, 1.82) is 0 Å². The van der Waals surface area contributed by atoms with Gasteiger partial charge in [-0.2, -0.15) is 0 Å². The van der Waals surface area contributed by atoms with Crippen molar-refractivity contribution in [3.63, 3.8) is 0 Å². The van der Waals surface area contributed by atoms with Crippen LogP contribution in [0, 0.1) is 0 Å². The van der Waals surface area contributed by atoms with E-state index in [0.29, 0.717) is 5.15 Å². The predicted octanol–water partition coefficient (Wildman–Crippen LogP) is 3.89. The Balaban J connectivity index is 3.24. The van der Waals surface area contributed by atoms with Crippen molar-refractivity contribution >= 4 is 34.1 Å². The van der Waals surface area contributed by atoms with Crippen molar-refractivity contribution in [1.82, 2.24) is 15.0 Å². The molecule has 0 bridgehead atoms. The highest BCUT2D eigenvalue weighted by Gasteiger charge is 2.33. The van der Waals surface area contributed by atoms with Gasteiger partial charge in [-0.1, -0.05) is 34.5 Å². The summed E-state index contributed by atoms with van der Waals surface area (Å²) in [5.41, 5.74) is 0.657. The van der Waals surface area contributed by atoms with E-state index in [0.717, 1.165) is 12.1 Å². The monoisotopic (exact) mass is 279 g/mol. The first kappa shape index (κ1) is 14.2. The minimum absolute atomic E-state index is 0.155. The summed E-state index contributed by atoms with van der Waals surface area (Å²) in [5, 5.41) is 8.95. The van der Waals surface area contributed by atoms with E-state index in [-0.39, 0.29) is 10.3 Å². The molecule has 0 aliphatic carbocycles. The smallest absolute Gasteiger partial charge is 0.152 e. The van der Waals surface area contributed by atoms with Gasteiger partial charge in [-0.05, 0) is 34.1 Å². The van der Waals surface area contributed by atoms with E-state index in [1.165, 1.54) is 10.8 Å². The molecule has 1 rings (SSSR count). The highest BCUT2D eigenvalue weighted by Crippen LogP contribution is 2.43. The summed E-state index contributed by atoms with van der Waals surface area (Å²) in [4.78, 5) is 0. The maximum absolute atomic E-state index is 6.34. The van der Waals surface area contributed by atoms with Crippen LogP contribution in [0.2, 0.25) is 5.15 Å². The number of hydrogen-bond donors (Lipinski definition) is 1. The second-order valence-corrected chi connectivity index (χ2v) is 6.98. The Morgan fingerprint density at radius 2 is 1.94 bits per heavy atom. The Hall–Kier alpha value is 0.130. The van der Waals surface area contributed by atoms with Gasteiger partial charge in [-0.25, -0.2) is 4.68 Å². The minimum atomic E-state index is -0.191. The fourth-order valence-corrected chi connectivity index (χ4v) is 2.89. The summed E-state index contributed by atoms with van der Waals surface area (Å²) < 4.78 is 1.56. The predicted molar refractivity (Wildman–Crippen MR) is 74.2 cm³/mol. The lowest BCUT2D eigenvalue weighted by molar-refractivity contribution is 0.347. The third kappa shape index (κ3) is 2.51. The fraction of sp³-hybridized carbons (Fsp3) is 0.800. The van der Waals surface area contributed by atoms with Crippen LogP contribution >= 0.6 is 34.1 Å². The second-order valence-electron chi connectivity index (χ2n) is 4.99. The molecular formula is C10H18ClN3S2. The van der Waals surface area contributed by atoms with Crippen LogP contribution in [0.25, 0.3) is 0 Å². The Labute approximate surface area is 111 Å². The summed E-state index contributed by atoms with van der Waals surface area (Å²) in [7, 11) is 1.46. The second kappa shape index (κ2) is 4.78. The largest absolute Gasteiger partial charge is 0.228 e. The Kier molecular flexibility index (Phi) is 4.24. The molecule has 6 heteroatoms. The first-order chi connectivity index (χ1) is 7.26. The highest BCUT2D eigenvalue weighted by molar-refractivity contribution is 8.69. The van der Waals surface area contributed by atoms with Crippen molar-refractivity contribution in [2.24, 2.45) is 0 Å². The van der Waals surface area contributed by atoms with Gasteiger partial charge >= 0.3 is 0 Å². The van der Waals surface area contributed by atoms with Gasteiger partial charge in [0.15, 0.2) is 5.15 Å². The van der Waals surface area contributed by atoms with E-state index in [1.54, 1.807) is 4.68 Å². The normalized spacial score (nSPS) is 16.2. The summed E-state index contributed by atoms with van der Waals surface area (Å²) in [5.74, 6) is 0. The highest BCUT2D eigenvalue weighted by atomic mass is 35.5. The Morgan fingerprint density at radius 3 is 2.25 bits per heavy atom. The van der Waals surface area contributed by atoms with Crippen molar-refractivity contribution in [3.8, 4) is 0 Å². The minimum Gasteiger partial charge on any atom is -0.228 e. The standard InChI is InChI=1S/C10H18ClN3S2/c1-6-10(5,16-15)7-8(11)14(13-12-7)9(2,3)4/h15H,6H2,1-5H3. The molecule has 0 N–H and O–H groups in total. The van der Waals surface area contributed by atoms with Crippen LogP contribution < -0.4 is 0 Å². The molecule has 0 aromatic carbocycles. The Morgan fingerprint density at radius 1 is 1.38 bits per heavy atom. The van der Waals surface area contributed by atoms with Gasteiger partial charge in [-0.15, -0.1) is 16.8 Å². The molecule has 1 atom stereocenters. The molecule has 0 amide bonds. The molecule has 0 spiro atoms. The summed E-state index contributed by atoms with van der Waals surface area (Å²) in [6.45, 7) is 10.3. The molecule has 0 fully saturated rings. The molecule has 1 aromatic rings. The molecule has 0 saturated carbocycles. The van der Waals surface area contributed by atoms with Crippen molar-refractivity contribution in [2.45, 2.75) is 51.3 Å². The molecular weight excluding hydrogens is 262 g/mol. The summed E-state index contributed by atoms with van der Waals surface area (Å²) in [6.07, 6.45) is 0.906. The van der Waals surface area contributed by atoms with Crippen LogP contribution in [-0.2, 0) is 10.3 Å². The van der Waals surface area contributed by atoms with E-state index in [4.69, 9.17) is 11.6 Å². The zero-order valence-corrected chi connectivity index (χ0v) is 12.7. The molecule has 0 aliphatic rings. The molecule has 0 aliphatic heterocycles. The van der Waals surface area contributed by atoms with Crippen LogP contribution in [0.5, 0.6) is 0 Å². The van der Waals surface area contributed by atoms with Gasteiger partial charge in [0.1, 0.15) is 5.69 Å². The number of rotatable bonds is 3. The SMILES string of the molecule is CCC(C)(SS)c1nnn(C(C)(C)C)c1Cl. The van der Waals surface area contributed by atoms with E-state index in [1.807, 2.05) is 0 Å². The molecule has 1 aromatic heterocycles. The number of nitrogens with zero attached hydrogens (tertiary/aromatic N) is 3. The lowest BCUT2D eigenvalue weighted by Crippen LogP contribution is -2.24. The fourth-order valence-electron chi connectivity index (χ4n) is 1.30. The van der Waals surface area contributed by atoms with Gasteiger partial charge in [0.2, 0.25) is 0 Å². The van der Waals surface area contributed by atoms with Gasteiger partial charge in [-0.3, -0.25) is 0 Å². The first-order valence-corrected chi connectivity index (χ1v) is 7.45.